The van der Waals surface area contributed by atoms with E-state index in [2.05, 4.69) is 10.2 Å². The molecule has 0 aliphatic rings. The molecule has 0 radical (unpaired) electrons. The van der Waals surface area contributed by atoms with Gasteiger partial charge in [0.05, 0.1) is 14.2 Å². The van der Waals surface area contributed by atoms with Crippen LogP contribution in [0.2, 0.25) is 0 Å². The van der Waals surface area contributed by atoms with Crippen LogP contribution in [-0.2, 0) is 0 Å². The van der Waals surface area contributed by atoms with Crippen molar-refractivity contribution >= 4 is 11.8 Å². The third-order valence-electron chi connectivity index (χ3n) is 3.68. The lowest BCUT2D eigenvalue weighted by molar-refractivity contribution is 0.394. The Hall–Kier alpha value is -2.61. The van der Waals surface area contributed by atoms with Gasteiger partial charge in [0, 0.05) is 22.4 Å². The Morgan fingerprint density at radius 2 is 1.69 bits per heavy atom. The Labute approximate surface area is 153 Å². The summed E-state index contributed by atoms with van der Waals surface area (Å²) in [4.78, 5) is 0. The first-order chi connectivity index (χ1) is 12.5. The second-order valence-corrected chi connectivity index (χ2v) is 6.69. The fourth-order valence-corrected chi connectivity index (χ4v) is 3.17. The van der Waals surface area contributed by atoms with E-state index in [9.17, 15) is 8.78 Å². The number of benzene rings is 2. The molecule has 0 bridgehead atoms. The van der Waals surface area contributed by atoms with Crippen LogP contribution in [-0.4, -0.2) is 24.4 Å². The van der Waals surface area contributed by atoms with E-state index in [0.717, 1.165) is 30.0 Å². The van der Waals surface area contributed by atoms with Gasteiger partial charge in [0.25, 0.3) is 5.22 Å². The van der Waals surface area contributed by atoms with Gasteiger partial charge in [0.15, 0.2) is 0 Å². The van der Waals surface area contributed by atoms with E-state index in [1.807, 2.05) is 0 Å². The van der Waals surface area contributed by atoms with Crippen LogP contribution in [0.15, 0.2) is 46.0 Å². The standard InChI is InChI=1S/C18H16F2N2O3S/c1-10(15-8-12(19)4-5-16(15)20)26-18-22-21-17(25-18)11-6-13(23-2)9-14(7-11)24-3/h4-10H,1-3H3. The number of methoxy groups -OCH3 is 2. The van der Waals surface area contributed by atoms with Crippen LogP contribution in [0.25, 0.3) is 11.5 Å². The minimum atomic E-state index is -0.497. The van der Waals surface area contributed by atoms with Crippen LogP contribution >= 0.6 is 11.8 Å². The lowest BCUT2D eigenvalue weighted by atomic mass is 10.1. The Balaban J connectivity index is 1.83. The average molecular weight is 378 g/mol. The molecule has 0 fully saturated rings. The van der Waals surface area contributed by atoms with E-state index in [4.69, 9.17) is 13.9 Å². The van der Waals surface area contributed by atoms with Crippen LogP contribution in [0.5, 0.6) is 11.5 Å². The van der Waals surface area contributed by atoms with E-state index >= 15 is 0 Å². The summed E-state index contributed by atoms with van der Waals surface area (Å²) in [5.74, 6) is 0.465. The summed E-state index contributed by atoms with van der Waals surface area (Å²) in [5, 5.41) is 7.82. The molecule has 136 valence electrons. The molecule has 0 aliphatic heterocycles. The molecule has 26 heavy (non-hydrogen) atoms. The summed E-state index contributed by atoms with van der Waals surface area (Å²) in [6.45, 7) is 1.74. The van der Waals surface area contributed by atoms with Crippen molar-refractivity contribution in [2.24, 2.45) is 0 Å². The number of nitrogens with zero attached hydrogens (tertiary/aromatic N) is 2. The summed E-state index contributed by atoms with van der Waals surface area (Å²) < 4.78 is 43.3. The molecule has 0 saturated carbocycles. The van der Waals surface area contributed by atoms with E-state index in [1.54, 1.807) is 39.3 Å². The Bertz CT molecular complexity index is 895. The average Bonchev–Trinajstić information content (AvgIpc) is 3.11. The Morgan fingerprint density at radius 1 is 1.00 bits per heavy atom. The molecule has 1 aromatic heterocycles. The van der Waals surface area contributed by atoms with Crippen molar-refractivity contribution in [2.45, 2.75) is 17.4 Å². The molecule has 0 amide bonds. The van der Waals surface area contributed by atoms with Crippen LogP contribution in [0.4, 0.5) is 8.78 Å². The summed E-state index contributed by atoms with van der Waals surface area (Å²) in [6.07, 6.45) is 0. The van der Waals surface area contributed by atoms with E-state index in [0.29, 0.717) is 17.1 Å². The fourth-order valence-electron chi connectivity index (χ4n) is 2.35. The van der Waals surface area contributed by atoms with Crippen molar-refractivity contribution in [3.8, 4) is 23.0 Å². The topological polar surface area (TPSA) is 57.4 Å². The molecular formula is C18H16F2N2O3S. The molecule has 1 heterocycles. The molecule has 8 heteroatoms. The molecular weight excluding hydrogens is 362 g/mol. The van der Waals surface area contributed by atoms with Gasteiger partial charge >= 0.3 is 0 Å². The molecule has 1 unspecified atom stereocenters. The van der Waals surface area contributed by atoms with Crippen molar-refractivity contribution in [3.05, 3.63) is 53.6 Å². The molecule has 0 saturated heterocycles. The normalized spacial score (nSPS) is 12.0. The third-order valence-corrected chi connectivity index (χ3v) is 4.65. The zero-order valence-corrected chi connectivity index (χ0v) is 15.1. The highest BCUT2D eigenvalue weighted by Crippen LogP contribution is 2.37. The Kier molecular flexibility index (Phi) is 5.41. The smallest absolute Gasteiger partial charge is 0.277 e. The van der Waals surface area contributed by atoms with Crippen molar-refractivity contribution < 1.29 is 22.7 Å². The monoisotopic (exact) mass is 378 g/mol. The number of rotatable bonds is 6. The van der Waals surface area contributed by atoms with Crippen LogP contribution in [0, 0.1) is 11.6 Å². The van der Waals surface area contributed by atoms with Crippen molar-refractivity contribution in [3.63, 3.8) is 0 Å². The first-order valence-corrected chi connectivity index (χ1v) is 8.56. The minimum absolute atomic E-state index is 0.234. The van der Waals surface area contributed by atoms with Crippen LogP contribution < -0.4 is 9.47 Å². The quantitative estimate of drug-likeness (QED) is 0.570. The second-order valence-electron chi connectivity index (χ2n) is 5.40. The first-order valence-electron chi connectivity index (χ1n) is 7.68. The number of hydrogen-bond acceptors (Lipinski definition) is 6. The maximum Gasteiger partial charge on any atom is 0.277 e. The maximum absolute atomic E-state index is 13.9. The van der Waals surface area contributed by atoms with Gasteiger partial charge in [-0.2, -0.15) is 0 Å². The molecule has 0 N–H and O–H groups in total. The molecule has 0 spiro atoms. The van der Waals surface area contributed by atoms with Crippen molar-refractivity contribution in [1.82, 2.24) is 10.2 Å². The maximum atomic E-state index is 13.9. The molecule has 1 atom stereocenters. The molecule has 5 nitrogen and oxygen atoms in total. The van der Waals surface area contributed by atoms with E-state index in [-0.39, 0.29) is 16.7 Å². The second kappa shape index (κ2) is 7.74. The van der Waals surface area contributed by atoms with Gasteiger partial charge in [-0.05, 0) is 37.3 Å². The highest BCUT2D eigenvalue weighted by atomic mass is 32.2. The lowest BCUT2D eigenvalue weighted by Crippen LogP contribution is -1.94. The van der Waals surface area contributed by atoms with Crippen molar-refractivity contribution in [1.29, 1.82) is 0 Å². The fraction of sp³-hybridized carbons (Fsp3) is 0.222. The molecule has 3 rings (SSSR count). The highest BCUT2D eigenvalue weighted by molar-refractivity contribution is 7.99. The molecule has 0 aliphatic carbocycles. The zero-order valence-electron chi connectivity index (χ0n) is 14.3. The van der Waals surface area contributed by atoms with Crippen LogP contribution in [0.1, 0.15) is 17.7 Å². The van der Waals surface area contributed by atoms with E-state index < -0.39 is 16.9 Å². The van der Waals surface area contributed by atoms with Gasteiger partial charge in [-0.15, -0.1) is 10.2 Å². The number of thioether (sulfide) groups is 1. The summed E-state index contributed by atoms with van der Waals surface area (Å²) in [5.41, 5.74) is 0.864. The van der Waals surface area contributed by atoms with Crippen molar-refractivity contribution in [2.75, 3.05) is 14.2 Å². The summed E-state index contributed by atoms with van der Waals surface area (Å²) >= 11 is 1.15. The minimum Gasteiger partial charge on any atom is -0.497 e. The predicted octanol–water partition coefficient (Wildman–Crippen LogP) is 4.89. The lowest BCUT2D eigenvalue weighted by Gasteiger charge is -2.10. The Morgan fingerprint density at radius 3 is 2.35 bits per heavy atom. The van der Waals surface area contributed by atoms with Gasteiger partial charge in [-0.25, -0.2) is 8.78 Å². The summed E-state index contributed by atoms with van der Waals surface area (Å²) in [7, 11) is 3.09. The summed E-state index contributed by atoms with van der Waals surface area (Å²) in [6, 6.07) is 8.54. The molecule has 2 aromatic carbocycles. The van der Waals surface area contributed by atoms with Crippen LogP contribution in [0.3, 0.4) is 0 Å². The van der Waals surface area contributed by atoms with Gasteiger partial charge in [0.1, 0.15) is 23.1 Å². The number of hydrogen-bond donors (Lipinski definition) is 0. The predicted molar refractivity (Wildman–Crippen MR) is 93.5 cm³/mol. The highest BCUT2D eigenvalue weighted by Gasteiger charge is 2.18. The molecule has 3 aromatic rings. The van der Waals surface area contributed by atoms with Gasteiger partial charge in [-0.1, -0.05) is 11.8 Å². The van der Waals surface area contributed by atoms with E-state index in [1.165, 1.54) is 0 Å². The number of aromatic nitrogens is 2. The van der Waals surface area contributed by atoms with Gasteiger partial charge in [-0.3, -0.25) is 0 Å². The largest absolute Gasteiger partial charge is 0.497 e. The van der Waals surface area contributed by atoms with Gasteiger partial charge in [0.2, 0.25) is 5.89 Å². The number of halogens is 2. The first kappa shape index (κ1) is 18.2. The SMILES string of the molecule is COc1cc(OC)cc(-c2nnc(SC(C)c3cc(F)ccc3F)o2)c1. The number of ether oxygens (including phenoxy) is 2. The third kappa shape index (κ3) is 3.96. The van der Waals surface area contributed by atoms with Gasteiger partial charge < -0.3 is 13.9 Å². The zero-order chi connectivity index (χ0) is 18.7.